The van der Waals surface area contributed by atoms with Gasteiger partial charge in [-0.15, -0.1) is 10.2 Å². The van der Waals surface area contributed by atoms with Crippen LogP contribution in [0.5, 0.6) is 0 Å². The van der Waals surface area contributed by atoms with Crippen molar-refractivity contribution >= 4 is 0 Å². The van der Waals surface area contributed by atoms with E-state index in [1.54, 1.807) is 6.33 Å². The van der Waals surface area contributed by atoms with Crippen LogP contribution in [0.4, 0.5) is 0 Å². The number of hydrogen-bond acceptors (Lipinski definition) is 6. The molecular formula is C21H25N5O3. The van der Waals surface area contributed by atoms with Gasteiger partial charge in [0.25, 0.3) is 5.56 Å². The molecule has 29 heavy (non-hydrogen) atoms. The van der Waals surface area contributed by atoms with Gasteiger partial charge in [-0.3, -0.25) is 9.59 Å². The smallest absolute Gasteiger partial charge is 0.266 e. The van der Waals surface area contributed by atoms with Crippen molar-refractivity contribution in [3.05, 3.63) is 85.9 Å². The van der Waals surface area contributed by atoms with Crippen molar-refractivity contribution in [2.24, 2.45) is 14.1 Å². The molecule has 8 nitrogen and oxygen atoms in total. The zero-order valence-corrected chi connectivity index (χ0v) is 16.7. The minimum absolute atomic E-state index is 0.00984. The maximum Gasteiger partial charge on any atom is 0.266 e. The second-order valence-corrected chi connectivity index (χ2v) is 7.10. The van der Waals surface area contributed by atoms with Gasteiger partial charge in [0.2, 0.25) is 5.43 Å². The first-order chi connectivity index (χ1) is 14.0. The molecule has 8 heteroatoms. The van der Waals surface area contributed by atoms with Crippen molar-refractivity contribution in [3.63, 3.8) is 0 Å². The van der Waals surface area contributed by atoms with Gasteiger partial charge < -0.3 is 9.67 Å². The SMILES string of the molecule is Cn1cnnc1CCCC(O)c1nn(C)c(=O)cc(CCc2ccccc2)c1=O. The maximum absolute atomic E-state index is 13.0. The molecule has 1 atom stereocenters. The van der Waals surface area contributed by atoms with Crippen LogP contribution < -0.4 is 11.0 Å². The van der Waals surface area contributed by atoms with Crippen molar-refractivity contribution in [2.75, 3.05) is 0 Å². The molecule has 0 fully saturated rings. The predicted molar refractivity (Wildman–Crippen MR) is 108 cm³/mol. The lowest BCUT2D eigenvalue weighted by Crippen LogP contribution is -2.19. The Bertz CT molecular complexity index is 1080. The molecule has 0 aliphatic rings. The van der Waals surface area contributed by atoms with Crippen LogP contribution >= 0.6 is 0 Å². The molecule has 0 aliphatic carbocycles. The van der Waals surface area contributed by atoms with Crippen LogP contribution in [-0.4, -0.2) is 29.7 Å². The third-order valence-electron chi connectivity index (χ3n) is 4.92. The fourth-order valence-electron chi connectivity index (χ4n) is 3.18. The van der Waals surface area contributed by atoms with Gasteiger partial charge in [0, 0.05) is 32.1 Å². The molecule has 1 N–H and O–H groups in total. The summed E-state index contributed by atoms with van der Waals surface area (Å²) in [6, 6.07) is 11.1. The largest absolute Gasteiger partial charge is 0.387 e. The second kappa shape index (κ2) is 9.38. The highest BCUT2D eigenvalue weighted by atomic mass is 16.3. The summed E-state index contributed by atoms with van der Waals surface area (Å²) in [5.41, 5.74) is 0.714. The number of benzene rings is 1. The summed E-state index contributed by atoms with van der Waals surface area (Å²) in [7, 11) is 3.34. The highest BCUT2D eigenvalue weighted by Crippen LogP contribution is 2.15. The van der Waals surface area contributed by atoms with Gasteiger partial charge in [0.1, 0.15) is 23.9 Å². The van der Waals surface area contributed by atoms with Gasteiger partial charge in [-0.05, 0) is 31.2 Å². The fourth-order valence-corrected chi connectivity index (χ4v) is 3.18. The van der Waals surface area contributed by atoms with E-state index in [0.717, 1.165) is 16.1 Å². The van der Waals surface area contributed by atoms with Gasteiger partial charge >= 0.3 is 0 Å². The molecule has 1 aromatic carbocycles. The van der Waals surface area contributed by atoms with Crippen molar-refractivity contribution in [3.8, 4) is 0 Å². The summed E-state index contributed by atoms with van der Waals surface area (Å²) in [5.74, 6) is 0.807. The van der Waals surface area contributed by atoms with Gasteiger partial charge in [-0.2, -0.15) is 5.10 Å². The lowest BCUT2D eigenvalue weighted by atomic mass is 10.0. The molecule has 0 aliphatic heterocycles. The molecule has 2 heterocycles. The number of rotatable bonds is 8. The Balaban J connectivity index is 1.79. The zero-order chi connectivity index (χ0) is 20.8. The van der Waals surface area contributed by atoms with Crippen LogP contribution in [0.1, 0.15) is 41.6 Å². The van der Waals surface area contributed by atoms with E-state index in [9.17, 15) is 14.7 Å². The second-order valence-electron chi connectivity index (χ2n) is 7.10. The Morgan fingerprint density at radius 3 is 2.52 bits per heavy atom. The number of aryl methyl sites for hydroxylation is 5. The van der Waals surface area contributed by atoms with Crippen molar-refractivity contribution in [1.29, 1.82) is 0 Å². The Morgan fingerprint density at radius 1 is 1.07 bits per heavy atom. The molecule has 1 unspecified atom stereocenters. The summed E-state index contributed by atoms with van der Waals surface area (Å²) < 4.78 is 2.92. The molecule has 0 spiro atoms. The number of nitrogens with zero attached hydrogens (tertiary/aromatic N) is 5. The van der Waals surface area contributed by atoms with E-state index in [1.807, 2.05) is 41.9 Å². The van der Waals surface area contributed by atoms with E-state index in [0.29, 0.717) is 37.7 Å². The lowest BCUT2D eigenvalue weighted by Gasteiger charge is -2.08. The van der Waals surface area contributed by atoms with Crippen molar-refractivity contribution in [2.45, 2.75) is 38.2 Å². The van der Waals surface area contributed by atoms with Gasteiger partial charge in [-0.25, -0.2) is 4.68 Å². The third-order valence-corrected chi connectivity index (χ3v) is 4.92. The number of hydrogen-bond donors (Lipinski definition) is 1. The van der Waals surface area contributed by atoms with E-state index in [2.05, 4.69) is 15.3 Å². The number of aliphatic hydroxyl groups is 1. The average Bonchev–Trinajstić information content (AvgIpc) is 3.09. The molecule has 3 rings (SSSR count). The number of aromatic nitrogens is 5. The highest BCUT2D eigenvalue weighted by Gasteiger charge is 2.17. The van der Waals surface area contributed by atoms with Crippen LogP contribution in [0.2, 0.25) is 0 Å². The monoisotopic (exact) mass is 395 g/mol. The van der Waals surface area contributed by atoms with Crippen LogP contribution in [-0.2, 0) is 33.4 Å². The van der Waals surface area contributed by atoms with Crippen LogP contribution in [0.15, 0.2) is 52.3 Å². The molecule has 152 valence electrons. The van der Waals surface area contributed by atoms with E-state index >= 15 is 0 Å². The van der Waals surface area contributed by atoms with E-state index < -0.39 is 6.10 Å². The third kappa shape index (κ3) is 5.23. The Hall–Kier alpha value is -3.13. The summed E-state index contributed by atoms with van der Waals surface area (Å²) in [6.07, 6.45) is 3.18. The number of aliphatic hydroxyl groups excluding tert-OH is 1. The summed E-state index contributed by atoms with van der Waals surface area (Å²) in [4.78, 5) is 25.2. The maximum atomic E-state index is 13.0. The Kier molecular flexibility index (Phi) is 6.66. The van der Waals surface area contributed by atoms with Gasteiger partial charge in [-0.1, -0.05) is 30.3 Å². The molecule has 0 saturated carbocycles. The normalized spacial score (nSPS) is 12.1. The van der Waals surface area contributed by atoms with Crippen molar-refractivity contribution < 1.29 is 5.11 Å². The van der Waals surface area contributed by atoms with Crippen LogP contribution in [0, 0.1) is 0 Å². The highest BCUT2D eigenvalue weighted by molar-refractivity contribution is 5.21. The summed E-state index contributed by atoms with van der Waals surface area (Å²) in [5, 5.41) is 22.5. The Morgan fingerprint density at radius 2 is 1.83 bits per heavy atom. The first-order valence-corrected chi connectivity index (χ1v) is 9.62. The Labute approximate surface area is 168 Å². The summed E-state index contributed by atoms with van der Waals surface area (Å²) in [6.45, 7) is 0. The standard InChI is InChI=1S/C21H25N5O3/c1-25-14-22-23-18(25)10-6-9-17(27)20-21(29)16(13-19(28)26(2)24-20)12-11-15-7-4-3-5-8-15/h3-5,7-8,13-14,17,27H,6,9-12H2,1-2H3. The predicted octanol–water partition coefficient (Wildman–Crippen LogP) is 1.11. The quantitative estimate of drug-likeness (QED) is 0.613. The van der Waals surface area contributed by atoms with Crippen LogP contribution in [0.3, 0.4) is 0 Å². The van der Waals surface area contributed by atoms with E-state index in [-0.39, 0.29) is 16.7 Å². The van der Waals surface area contributed by atoms with Gasteiger partial charge in [0.05, 0.1) is 0 Å². The van der Waals surface area contributed by atoms with E-state index in [1.165, 1.54) is 13.1 Å². The fraction of sp³-hybridized carbons (Fsp3) is 0.381. The van der Waals surface area contributed by atoms with Crippen molar-refractivity contribution in [1.82, 2.24) is 24.5 Å². The first-order valence-electron chi connectivity index (χ1n) is 9.62. The molecule has 0 radical (unpaired) electrons. The molecule has 0 saturated heterocycles. The van der Waals surface area contributed by atoms with E-state index in [4.69, 9.17) is 0 Å². The summed E-state index contributed by atoms with van der Waals surface area (Å²) >= 11 is 0. The lowest BCUT2D eigenvalue weighted by molar-refractivity contribution is 0.156. The average molecular weight is 395 g/mol. The zero-order valence-electron chi connectivity index (χ0n) is 16.7. The topological polar surface area (TPSA) is 103 Å². The molecule has 0 amide bonds. The molecule has 3 aromatic rings. The first kappa shape index (κ1) is 20.6. The molecule has 2 aromatic heterocycles. The minimum Gasteiger partial charge on any atom is -0.387 e. The molecular weight excluding hydrogens is 370 g/mol. The van der Waals surface area contributed by atoms with Gasteiger partial charge in [0.15, 0.2) is 0 Å². The molecule has 0 bridgehead atoms. The van der Waals surface area contributed by atoms with Crippen LogP contribution in [0.25, 0.3) is 0 Å². The minimum atomic E-state index is -1.05.